The highest BCUT2D eigenvalue weighted by atomic mass is 19.1. The first kappa shape index (κ1) is 15.0. The van der Waals surface area contributed by atoms with Crippen molar-refractivity contribution in [1.29, 1.82) is 0 Å². The minimum absolute atomic E-state index is 0.121. The Morgan fingerprint density at radius 2 is 2.10 bits per heavy atom. The number of nitrogens with one attached hydrogen (secondary N) is 1. The van der Waals surface area contributed by atoms with Crippen molar-refractivity contribution in [2.45, 2.75) is 57.0 Å². The molecule has 2 nitrogen and oxygen atoms in total. The van der Waals surface area contributed by atoms with Crippen LogP contribution < -0.4 is 5.32 Å². The summed E-state index contributed by atoms with van der Waals surface area (Å²) in [5.74, 6) is -0.121. The molecule has 1 saturated carbocycles. The zero-order valence-corrected chi connectivity index (χ0v) is 13.1. The quantitative estimate of drug-likeness (QED) is 0.918. The van der Waals surface area contributed by atoms with Crippen LogP contribution in [-0.4, -0.2) is 36.1 Å². The molecule has 1 aliphatic carbocycles. The van der Waals surface area contributed by atoms with Gasteiger partial charge in [0.05, 0.1) is 0 Å². The molecule has 0 amide bonds. The van der Waals surface area contributed by atoms with E-state index in [1.54, 1.807) is 6.07 Å². The van der Waals surface area contributed by atoms with E-state index in [1.165, 1.54) is 38.2 Å². The second-order valence-corrected chi connectivity index (χ2v) is 6.92. The van der Waals surface area contributed by atoms with Crippen molar-refractivity contribution < 1.29 is 4.39 Å². The second-order valence-electron chi connectivity index (χ2n) is 6.92. The molecule has 0 radical (unpaired) electrons. The number of benzene rings is 1. The van der Waals surface area contributed by atoms with Crippen LogP contribution in [0.4, 0.5) is 4.39 Å². The van der Waals surface area contributed by atoms with Gasteiger partial charge in [0.15, 0.2) is 0 Å². The van der Waals surface area contributed by atoms with Gasteiger partial charge >= 0.3 is 0 Å². The first-order valence-electron chi connectivity index (χ1n) is 8.40. The van der Waals surface area contributed by atoms with Gasteiger partial charge in [-0.25, -0.2) is 4.39 Å². The topological polar surface area (TPSA) is 15.3 Å². The lowest BCUT2D eigenvalue weighted by molar-refractivity contribution is 0.0637. The van der Waals surface area contributed by atoms with Crippen molar-refractivity contribution in [1.82, 2.24) is 10.2 Å². The zero-order chi connectivity index (χ0) is 14.7. The van der Waals surface area contributed by atoms with Crippen molar-refractivity contribution in [2.24, 2.45) is 0 Å². The van der Waals surface area contributed by atoms with Gasteiger partial charge in [-0.05, 0) is 43.9 Å². The predicted octanol–water partition coefficient (Wildman–Crippen LogP) is 3.36. The van der Waals surface area contributed by atoms with Gasteiger partial charge in [-0.2, -0.15) is 0 Å². The van der Waals surface area contributed by atoms with E-state index in [2.05, 4.69) is 17.1 Å². The molecule has 3 heteroatoms. The van der Waals surface area contributed by atoms with E-state index in [0.29, 0.717) is 11.6 Å². The van der Waals surface area contributed by atoms with E-state index in [0.717, 1.165) is 31.6 Å². The number of halogens is 1. The molecule has 1 aromatic carbocycles. The lowest BCUT2D eigenvalue weighted by atomic mass is 9.79. The summed E-state index contributed by atoms with van der Waals surface area (Å²) in [7, 11) is 0. The highest BCUT2D eigenvalue weighted by molar-refractivity contribution is 5.16. The molecule has 116 valence electrons. The molecule has 1 aliphatic heterocycles. The summed E-state index contributed by atoms with van der Waals surface area (Å²) in [6.07, 6.45) is 7.69. The van der Waals surface area contributed by atoms with Gasteiger partial charge in [0.1, 0.15) is 5.82 Å². The molecule has 0 aromatic heterocycles. The normalized spacial score (nSPS) is 26.1. The lowest BCUT2D eigenvalue weighted by Gasteiger charge is -2.49. The SMILES string of the molecule is CC1CNC2(CCCCC2)CN1CCc1cccc(F)c1. The maximum atomic E-state index is 13.3. The highest BCUT2D eigenvalue weighted by Gasteiger charge is 2.38. The second kappa shape index (κ2) is 6.45. The zero-order valence-electron chi connectivity index (χ0n) is 13.1. The monoisotopic (exact) mass is 290 g/mol. The maximum absolute atomic E-state index is 13.3. The van der Waals surface area contributed by atoms with Gasteiger partial charge in [-0.1, -0.05) is 31.4 Å². The number of hydrogen-bond acceptors (Lipinski definition) is 2. The Labute approximate surface area is 127 Å². The molecule has 1 heterocycles. The first-order valence-corrected chi connectivity index (χ1v) is 8.40. The van der Waals surface area contributed by atoms with Crippen molar-refractivity contribution in [2.75, 3.05) is 19.6 Å². The van der Waals surface area contributed by atoms with Crippen LogP contribution in [0.2, 0.25) is 0 Å². The Morgan fingerprint density at radius 3 is 2.86 bits per heavy atom. The molecule has 1 saturated heterocycles. The summed E-state index contributed by atoms with van der Waals surface area (Å²) in [6, 6.07) is 7.61. The molecule has 1 N–H and O–H groups in total. The van der Waals surface area contributed by atoms with Crippen molar-refractivity contribution in [3.63, 3.8) is 0 Å². The van der Waals surface area contributed by atoms with Crippen molar-refractivity contribution in [3.8, 4) is 0 Å². The number of rotatable bonds is 3. The van der Waals surface area contributed by atoms with E-state index in [1.807, 2.05) is 12.1 Å². The van der Waals surface area contributed by atoms with E-state index in [9.17, 15) is 4.39 Å². The van der Waals surface area contributed by atoms with Crippen LogP contribution in [0.5, 0.6) is 0 Å². The van der Waals surface area contributed by atoms with Gasteiger partial charge in [0.2, 0.25) is 0 Å². The van der Waals surface area contributed by atoms with E-state index >= 15 is 0 Å². The van der Waals surface area contributed by atoms with Crippen molar-refractivity contribution in [3.05, 3.63) is 35.6 Å². The fourth-order valence-electron chi connectivity index (χ4n) is 3.92. The van der Waals surface area contributed by atoms with Crippen LogP contribution in [0.15, 0.2) is 24.3 Å². The fourth-order valence-corrected chi connectivity index (χ4v) is 3.92. The minimum atomic E-state index is -0.121. The molecule has 0 bridgehead atoms. The van der Waals surface area contributed by atoms with Crippen LogP contribution >= 0.6 is 0 Å². The molecule has 1 unspecified atom stereocenters. The molecule has 21 heavy (non-hydrogen) atoms. The van der Waals surface area contributed by atoms with Gasteiger partial charge in [0.25, 0.3) is 0 Å². The third-order valence-corrected chi connectivity index (χ3v) is 5.29. The summed E-state index contributed by atoms with van der Waals surface area (Å²) in [5.41, 5.74) is 1.46. The van der Waals surface area contributed by atoms with Crippen LogP contribution in [0.1, 0.15) is 44.6 Å². The first-order chi connectivity index (χ1) is 10.2. The number of hydrogen-bond donors (Lipinski definition) is 1. The third-order valence-electron chi connectivity index (χ3n) is 5.29. The summed E-state index contributed by atoms with van der Waals surface area (Å²) >= 11 is 0. The molecular formula is C18H27FN2. The maximum Gasteiger partial charge on any atom is 0.123 e. The minimum Gasteiger partial charge on any atom is -0.308 e. The average Bonchev–Trinajstić information content (AvgIpc) is 2.50. The Hall–Kier alpha value is -0.930. The van der Waals surface area contributed by atoms with Crippen molar-refractivity contribution >= 4 is 0 Å². The molecule has 1 aromatic rings. The Kier molecular flexibility index (Phi) is 4.60. The lowest BCUT2D eigenvalue weighted by Crippen LogP contribution is -2.64. The third kappa shape index (κ3) is 3.64. The smallest absolute Gasteiger partial charge is 0.123 e. The molecule has 1 atom stereocenters. The Balaban J connectivity index is 1.60. The Morgan fingerprint density at radius 1 is 1.29 bits per heavy atom. The molecular weight excluding hydrogens is 263 g/mol. The van der Waals surface area contributed by atoms with E-state index < -0.39 is 0 Å². The standard InChI is InChI=1S/C18H27FN2/c1-15-13-20-18(9-3-2-4-10-18)14-21(15)11-8-16-6-5-7-17(19)12-16/h5-7,12,15,20H,2-4,8-11,13-14H2,1H3. The van der Waals surface area contributed by atoms with Crippen LogP contribution in [0, 0.1) is 5.82 Å². The number of nitrogens with zero attached hydrogens (tertiary/aromatic N) is 1. The Bertz CT molecular complexity index is 468. The highest BCUT2D eigenvalue weighted by Crippen LogP contribution is 2.31. The van der Waals surface area contributed by atoms with Gasteiger partial charge in [-0.15, -0.1) is 0 Å². The largest absolute Gasteiger partial charge is 0.308 e. The predicted molar refractivity (Wildman–Crippen MR) is 85.0 cm³/mol. The summed E-state index contributed by atoms with van der Waals surface area (Å²) in [5, 5.41) is 3.82. The van der Waals surface area contributed by atoms with E-state index in [4.69, 9.17) is 0 Å². The fraction of sp³-hybridized carbons (Fsp3) is 0.667. The summed E-state index contributed by atoms with van der Waals surface area (Å²) < 4.78 is 13.3. The van der Waals surface area contributed by atoms with Crippen LogP contribution in [0.25, 0.3) is 0 Å². The number of piperazine rings is 1. The molecule has 3 rings (SSSR count). The van der Waals surface area contributed by atoms with Crippen LogP contribution in [-0.2, 0) is 6.42 Å². The molecule has 1 spiro atoms. The molecule has 2 fully saturated rings. The summed E-state index contributed by atoms with van der Waals surface area (Å²) in [4.78, 5) is 2.60. The molecule has 2 aliphatic rings. The van der Waals surface area contributed by atoms with Gasteiger partial charge < -0.3 is 5.32 Å². The van der Waals surface area contributed by atoms with E-state index in [-0.39, 0.29) is 5.82 Å². The average molecular weight is 290 g/mol. The van der Waals surface area contributed by atoms with Crippen LogP contribution in [0.3, 0.4) is 0 Å². The van der Waals surface area contributed by atoms with Gasteiger partial charge in [-0.3, -0.25) is 4.90 Å². The van der Waals surface area contributed by atoms with Gasteiger partial charge in [0, 0.05) is 31.2 Å². The summed E-state index contributed by atoms with van der Waals surface area (Å²) in [6.45, 7) is 5.58.